The largest absolute Gasteiger partial charge is 0.495 e. The fourth-order valence-electron chi connectivity index (χ4n) is 3.80. The Morgan fingerprint density at radius 1 is 1.16 bits per heavy atom. The standard InChI is InChI=1S/C22H25N5O3S/c1-23-21-13-18(25-22(26-21)16-7-5-11-24-14-16)17-8-6-12-27(15-17)31(28,29)20-10-4-3-9-19(20)30-2/h3-5,7,9-11,13-14,17H,6,8,12,15H2,1-2H3,(H,23,25,26)/t17-/m1/s1. The number of nitrogens with zero attached hydrogens (tertiary/aromatic N) is 4. The van der Waals surface area contributed by atoms with E-state index in [2.05, 4.69) is 15.3 Å². The predicted molar refractivity (Wildman–Crippen MR) is 119 cm³/mol. The first-order valence-corrected chi connectivity index (χ1v) is 11.6. The highest BCUT2D eigenvalue weighted by molar-refractivity contribution is 7.89. The number of aromatic nitrogens is 3. The number of anilines is 1. The minimum atomic E-state index is -3.68. The maximum atomic E-state index is 13.3. The van der Waals surface area contributed by atoms with Crippen LogP contribution in [0, 0.1) is 0 Å². The first-order valence-electron chi connectivity index (χ1n) is 10.1. The lowest BCUT2D eigenvalue weighted by molar-refractivity contribution is 0.310. The highest BCUT2D eigenvalue weighted by Crippen LogP contribution is 2.33. The normalized spacial score (nSPS) is 17.3. The van der Waals surface area contributed by atoms with E-state index < -0.39 is 10.0 Å². The van der Waals surface area contributed by atoms with Gasteiger partial charge in [-0.15, -0.1) is 0 Å². The van der Waals surface area contributed by atoms with E-state index in [0.717, 1.165) is 24.1 Å². The van der Waals surface area contributed by atoms with Crippen LogP contribution < -0.4 is 10.1 Å². The Morgan fingerprint density at radius 2 is 2.00 bits per heavy atom. The van der Waals surface area contributed by atoms with Gasteiger partial charge in [-0.2, -0.15) is 4.31 Å². The van der Waals surface area contributed by atoms with Crippen LogP contribution in [0.25, 0.3) is 11.4 Å². The Kier molecular flexibility index (Phi) is 6.15. The van der Waals surface area contributed by atoms with E-state index in [-0.39, 0.29) is 10.8 Å². The molecular formula is C22H25N5O3S. The van der Waals surface area contributed by atoms with E-state index >= 15 is 0 Å². The van der Waals surface area contributed by atoms with Gasteiger partial charge < -0.3 is 10.1 Å². The monoisotopic (exact) mass is 439 g/mol. The highest BCUT2D eigenvalue weighted by Gasteiger charge is 2.33. The molecule has 31 heavy (non-hydrogen) atoms. The number of ether oxygens (including phenoxy) is 1. The Morgan fingerprint density at radius 3 is 2.74 bits per heavy atom. The molecule has 0 unspecified atom stereocenters. The summed E-state index contributed by atoms with van der Waals surface area (Å²) < 4.78 is 33.5. The van der Waals surface area contributed by atoms with Crippen molar-refractivity contribution >= 4 is 15.8 Å². The van der Waals surface area contributed by atoms with Gasteiger partial charge in [0.25, 0.3) is 0 Å². The molecule has 9 heteroatoms. The summed E-state index contributed by atoms with van der Waals surface area (Å²) in [6.07, 6.45) is 5.02. The molecule has 8 nitrogen and oxygen atoms in total. The highest BCUT2D eigenvalue weighted by atomic mass is 32.2. The van der Waals surface area contributed by atoms with Gasteiger partial charge in [0.15, 0.2) is 5.82 Å². The number of hydrogen-bond donors (Lipinski definition) is 1. The molecule has 0 aliphatic carbocycles. The Labute approximate surface area is 182 Å². The molecule has 4 rings (SSSR count). The number of pyridine rings is 1. The third kappa shape index (κ3) is 4.38. The van der Waals surface area contributed by atoms with Crippen LogP contribution in [0.3, 0.4) is 0 Å². The lowest BCUT2D eigenvalue weighted by Gasteiger charge is -2.32. The minimum absolute atomic E-state index is 0.0382. The van der Waals surface area contributed by atoms with Gasteiger partial charge in [-0.05, 0) is 37.1 Å². The average molecular weight is 440 g/mol. The molecular weight excluding hydrogens is 414 g/mol. The van der Waals surface area contributed by atoms with Crippen molar-refractivity contribution in [2.24, 2.45) is 0 Å². The van der Waals surface area contributed by atoms with Crippen molar-refractivity contribution in [3.8, 4) is 17.1 Å². The predicted octanol–water partition coefficient (Wildman–Crippen LogP) is 3.16. The average Bonchev–Trinajstić information content (AvgIpc) is 2.84. The smallest absolute Gasteiger partial charge is 0.246 e. The summed E-state index contributed by atoms with van der Waals surface area (Å²) in [4.78, 5) is 13.6. The molecule has 1 aliphatic rings. The van der Waals surface area contributed by atoms with Crippen molar-refractivity contribution in [3.05, 3.63) is 60.6 Å². The second kappa shape index (κ2) is 8.99. The van der Waals surface area contributed by atoms with Gasteiger partial charge in [0, 0.05) is 50.1 Å². The summed E-state index contributed by atoms with van der Waals surface area (Å²) in [7, 11) is -0.401. The van der Waals surface area contributed by atoms with Crippen LogP contribution in [0.1, 0.15) is 24.5 Å². The van der Waals surface area contributed by atoms with Crippen molar-refractivity contribution in [1.29, 1.82) is 0 Å². The van der Waals surface area contributed by atoms with Crippen LogP contribution in [0.15, 0.2) is 59.8 Å². The number of rotatable bonds is 6. The third-order valence-corrected chi connectivity index (χ3v) is 7.32. The van der Waals surface area contributed by atoms with Crippen LogP contribution in [0.4, 0.5) is 5.82 Å². The molecule has 1 saturated heterocycles. The molecule has 0 radical (unpaired) electrons. The molecule has 3 heterocycles. The van der Waals surface area contributed by atoms with E-state index in [1.165, 1.54) is 11.4 Å². The summed E-state index contributed by atoms with van der Waals surface area (Å²) in [5.41, 5.74) is 1.63. The molecule has 162 valence electrons. The van der Waals surface area contributed by atoms with Crippen molar-refractivity contribution in [2.45, 2.75) is 23.7 Å². The first kappa shape index (κ1) is 21.2. The molecule has 1 atom stereocenters. The van der Waals surface area contributed by atoms with E-state index in [9.17, 15) is 8.42 Å². The number of methoxy groups -OCH3 is 1. The maximum absolute atomic E-state index is 13.3. The second-order valence-corrected chi connectivity index (χ2v) is 9.25. The number of sulfonamides is 1. The second-order valence-electron chi connectivity index (χ2n) is 7.35. The number of nitrogens with one attached hydrogen (secondary N) is 1. The SMILES string of the molecule is CNc1cc([C@@H]2CCCN(S(=O)(=O)c3ccccc3OC)C2)nc(-c2cccnc2)n1. The molecule has 0 saturated carbocycles. The molecule has 1 aromatic carbocycles. The zero-order valence-corrected chi connectivity index (χ0v) is 18.3. The van der Waals surface area contributed by atoms with Gasteiger partial charge in [0.05, 0.1) is 12.8 Å². The van der Waals surface area contributed by atoms with Crippen molar-refractivity contribution < 1.29 is 13.2 Å². The third-order valence-electron chi connectivity index (χ3n) is 5.41. The van der Waals surface area contributed by atoms with Gasteiger partial charge in [-0.3, -0.25) is 4.98 Å². The molecule has 0 amide bonds. The molecule has 1 aliphatic heterocycles. The van der Waals surface area contributed by atoms with E-state index in [1.807, 2.05) is 18.2 Å². The van der Waals surface area contributed by atoms with Crippen LogP contribution in [-0.2, 0) is 10.0 Å². The first-order chi connectivity index (χ1) is 15.0. The zero-order valence-electron chi connectivity index (χ0n) is 17.5. The molecule has 0 spiro atoms. The zero-order chi connectivity index (χ0) is 21.8. The van der Waals surface area contributed by atoms with Gasteiger partial charge in [0.2, 0.25) is 10.0 Å². The molecule has 3 aromatic rings. The van der Waals surface area contributed by atoms with Crippen molar-refractivity contribution in [3.63, 3.8) is 0 Å². The van der Waals surface area contributed by atoms with E-state index in [0.29, 0.717) is 30.5 Å². The van der Waals surface area contributed by atoms with Gasteiger partial charge >= 0.3 is 0 Å². The molecule has 2 aromatic heterocycles. The Balaban J connectivity index is 1.66. The Hall–Kier alpha value is -3.04. The van der Waals surface area contributed by atoms with Crippen molar-refractivity contribution in [1.82, 2.24) is 19.3 Å². The summed E-state index contributed by atoms with van der Waals surface area (Å²) in [6.45, 7) is 0.823. The summed E-state index contributed by atoms with van der Waals surface area (Å²) in [6, 6.07) is 12.4. The molecule has 1 N–H and O–H groups in total. The summed E-state index contributed by atoms with van der Waals surface area (Å²) >= 11 is 0. The fourth-order valence-corrected chi connectivity index (χ4v) is 5.48. The fraction of sp³-hybridized carbons (Fsp3) is 0.318. The molecule has 0 bridgehead atoms. The van der Waals surface area contributed by atoms with Gasteiger partial charge in [-0.25, -0.2) is 18.4 Å². The van der Waals surface area contributed by atoms with E-state index in [1.54, 1.807) is 43.7 Å². The Bertz CT molecular complexity index is 1150. The van der Waals surface area contributed by atoms with Gasteiger partial charge in [-0.1, -0.05) is 12.1 Å². The number of benzene rings is 1. The lowest BCUT2D eigenvalue weighted by Crippen LogP contribution is -2.39. The van der Waals surface area contributed by atoms with Crippen LogP contribution in [0.5, 0.6) is 5.75 Å². The quantitative estimate of drug-likeness (QED) is 0.630. The van der Waals surface area contributed by atoms with Crippen molar-refractivity contribution in [2.75, 3.05) is 32.6 Å². The van der Waals surface area contributed by atoms with Crippen LogP contribution in [0.2, 0.25) is 0 Å². The maximum Gasteiger partial charge on any atom is 0.246 e. The molecule has 1 fully saturated rings. The topological polar surface area (TPSA) is 97.3 Å². The van der Waals surface area contributed by atoms with Crippen LogP contribution >= 0.6 is 0 Å². The van der Waals surface area contributed by atoms with Crippen LogP contribution in [-0.4, -0.2) is 54.9 Å². The lowest BCUT2D eigenvalue weighted by atomic mass is 9.95. The number of hydrogen-bond acceptors (Lipinski definition) is 7. The number of piperidine rings is 1. The minimum Gasteiger partial charge on any atom is -0.495 e. The van der Waals surface area contributed by atoms with E-state index in [4.69, 9.17) is 9.72 Å². The van der Waals surface area contributed by atoms with Gasteiger partial charge in [0.1, 0.15) is 16.5 Å². The summed E-state index contributed by atoms with van der Waals surface area (Å²) in [5.74, 6) is 1.57. The number of para-hydroxylation sites is 1. The summed E-state index contributed by atoms with van der Waals surface area (Å²) in [5, 5.41) is 3.08.